The van der Waals surface area contributed by atoms with Gasteiger partial charge in [0, 0.05) is 0 Å². The predicted octanol–water partition coefficient (Wildman–Crippen LogP) is 2.99. The maximum atomic E-state index is 12.0. The number of hydrogen-bond donors (Lipinski definition) is 0. The summed E-state index contributed by atoms with van der Waals surface area (Å²) in [6.45, 7) is 6.81. The van der Waals surface area contributed by atoms with Gasteiger partial charge in [-0.05, 0) is 25.5 Å². The van der Waals surface area contributed by atoms with Crippen molar-refractivity contribution in [3.8, 4) is 0 Å². The Kier molecular flexibility index (Phi) is 3.69. The molecule has 0 bridgehead atoms. The van der Waals surface area contributed by atoms with Crippen LogP contribution < -0.4 is 0 Å². The van der Waals surface area contributed by atoms with Gasteiger partial charge < -0.3 is 0 Å². The van der Waals surface area contributed by atoms with Crippen LogP contribution in [0.2, 0.25) is 0 Å². The Balaban J connectivity index is 4.00. The fourth-order valence-electron chi connectivity index (χ4n) is 0.558. The second kappa shape index (κ2) is 4.07. The van der Waals surface area contributed by atoms with Gasteiger partial charge in [0.15, 0.2) is 0 Å². The van der Waals surface area contributed by atoms with Crippen molar-refractivity contribution in [1.29, 1.82) is 0 Å². The van der Waals surface area contributed by atoms with Crippen molar-refractivity contribution in [3.05, 3.63) is 36.2 Å². The maximum Gasteiger partial charge on any atom is 0.116 e. The van der Waals surface area contributed by atoms with Crippen LogP contribution in [0.3, 0.4) is 0 Å². The minimum absolute atomic E-state index is 0.398. The Bertz CT molecular complexity index is 152. The quantitative estimate of drug-likeness (QED) is 0.499. The second-order valence-corrected chi connectivity index (χ2v) is 1.84. The van der Waals surface area contributed by atoms with Crippen molar-refractivity contribution in [1.82, 2.24) is 0 Å². The molecule has 0 aliphatic carbocycles. The van der Waals surface area contributed by atoms with Gasteiger partial charge in [0.25, 0.3) is 0 Å². The highest BCUT2D eigenvalue weighted by Gasteiger charge is 1.82. The first-order chi connectivity index (χ1) is 4.16. The van der Waals surface area contributed by atoms with Gasteiger partial charge in [-0.15, -0.1) is 0 Å². The highest BCUT2D eigenvalue weighted by molar-refractivity contribution is 5.22. The first-order valence-electron chi connectivity index (χ1n) is 2.82. The topological polar surface area (TPSA) is 0 Å². The highest BCUT2D eigenvalue weighted by atomic mass is 19.1. The maximum absolute atomic E-state index is 12.0. The Morgan fingerprint density at radius 1 is 1.56 bits per heavy atom. The monoisotopic (exact) mass is 126 g/mol. The summed E-state index contributed by atoms with van der Waals surface area (Å²) >= 11 is 0. The molecule has 0 saturated heterocycles. The van der Waals surface area contributed by atoms with Gasteiger partial charge in [-0.25, -0.2) is 4.39 Å². The number of rotatable bonds is 2. The van der Waals surface area contributed by atoms with E-state index >= 15 is 0 Å². The third-order valence-electron chi connectivity index (χ3n) is 0.814. The van der Waals surface area contributed by atoms with Crippen LogP contribution in [0.4, 0.5) is 4.39 Å². The second-order valence-electron chi connectivity index (χ2n) is 1.84. The zero-order valence-electron chi connectivity index (χ0n) is 5.82. The third-order valence-corrected chi connectivity index (χ3v) is 0.814. The third kappa shape index (κ3) is 5.01. The first-order valence-corrected chi connectivity index (χ1v) is 2.82. The molecule has 1 heteroatoms. The van der Waals surface area contributed by atoms with Crippen LogP contribution in [-0.4, -0.2) is 0 Å². The lowest BCUT2D eigenvalue weighted by atomic mass is 10.2. The van der Waals surface area contributed by atoms with Crippen LogP contribution in [0.15, 0.2) is 36.2 Å². The van der Waals surface area contributed by atoms with Crippen LogP contribution in [-0.2, 0) is 0 Å². The lowest BCUT2D eigenvalue weighted by Gasteiger charge is -1.86. The van der Waals surface area contributed by atoms with E-state index in [2.05, 4.69) is 6.58 Å². The number of hydrogen-bond acceptors (Lipinski definition) is 0. The fraction of sp³-hybridized carbons (Fsp3) is 0.250. The summed E-state index contributed by atoms with van der Waals surface area (Å²) in [7, 11) is 0. The van der Waals surface area contributed by atoms with Crippen LogP contribution >= 0.6 is 0 Å². The van der Waals surface area contributed by atoms with Gasteiger partial charge in [0.05, 0.1) is 0 Å². The SMILES string of the molecule is C=C(F)/C=C(C)\C=C/C. The molecule has 0 nitrogen and oxygen atoms in total. The molecule has 0 aromatic carbocycles. The smallest absolute Gasteiger partial charge is 0.116 e. The molecule has 0 unspecified atom stereocenters. The van der Waals surface area contributed by atoms with Gasteiger partial charge in [-0.2, -0.15) is 0 Å². The predicted molar refractivity (Wildman–Crippen MR) is 38.8 cm³/mol. The van der Waals surface area contributed by atoms with Gasteiger partial charge >= 0.3 is 0 Å². The summed E-state index contributed by atoms with van der Waals surface area (Å²) in [6, 6.07) is 0. The van der Waals surface area contributed by atoms with E-state index in [4.69, 9.17) is 0 Å². The van der Waals surface area contributed by atoms with E-state index in [0.717, 1.165) is 5.57 Å². The minimum Gasteiger partial charge on any atom is -0.208 e. The molecule has 0 aliphatic heterocycles. The molecule has 0 rings (SSSR count). The Labute approximate surface area is 55.4 Å². The van der Waals surface area contributed by atoms with Crippen molar-refractivity contribution in [2.24, 2.45) is 0 Å². The zero-order chi connectivity index (χ0) is 7.28. The van der Waals surface area contributed by atoms with Crippen LogP contribution in [0.1, 0.15) is 13.8 Å². The van der Waals surface area contributed by atoms with E-state index in [9.17, 15) is 4.39 Å². The van der Waals surface area contributed by atoms with Crippen LogP contribution in [0.25, 0.3) is 0 Å². The molecule has 9 heavy (non-hydrogen) atoms. The van der Waals surface area contributed by atoms with Gasteiger partial charge in [0.1, 0.15) is 5.83 Å². The summed E-state index contributed by atoms with van der Waals surface area (Å²) in [5, 5.41) is 0. The molecule has 0 radical (unpaired) electrons. The lowest BCUT2D eigenvalue weighted by molar-refractivity contribution is 0.670. The molecule has 0 amide bonds. The molecule has 0 saturated carbocycles. The lowest BCUT2D eigenvalue weighted by Crippen LogP contribution is -1.66. The van der Waals surface area contributed by atoms with E-state index in [-0.39, 0.29) is 0 Å². The van der Waals surface area contributed by atoms with E-state index in [1.165, 1.54) is 6.08 Å². The Hall–Kier alpha value is -0.850. The summed E-state index contributed by atoms with van der Waals surface area (Å²) in [6.07, 6.45) is 5.07. The highest BCUT2D eigenvalue weighted by Crippen LogP contribution is 2.01. The Morgan fingerprint density at radius 3 is 2.44 bits per heavy atom. The van der Waals surface area contributed by atoms with Crippen molar-refractivity contribution in [3.63, 3.8) is 0 Å². The van der Waals surface area contributed by atoms with Crippen molar-refractivity contribution >= 4 is 0 Å². The van der Waals surface area contributed by atoms with E-state index in [1.807, 2.05) is 26.0 Å². The molecule has 0 atom stereocenters. The van der Waals surface area contributed by atoms with Gasteiger partial charge in [0.2, 0.25) is 0 Å². The molecule has 0 heterocycles. The van der Waals surface area contributed by atoms with Crippen LogP contribution in [0, 0.1) is 0 Å². The summed E-state index contributed by atoms with van der Waals surface area (Å²) in [5.74, 6) is -0.398. The van der Waals surface area contributed by atoms with E-state index in [0.29, 0.717) is 0 Å². The molecule has 50 valence electrons. The standard InChI is InChI=1S/C8H11F/c1-4-5-7(2)6-8(3)9/h4-6H,3H2,1-2H3/b5-4-,7-6-. The van der Waals surface area contributed by atoms with Gasteiger partial charge in [-0.3, -0.25) is 0 Å². The van der Waals surface area contributed by atoms with E-state index in [1.54, 1.807) is 0 Å². The molecule has 0 spiro atoms. The van der Waals surface area contributed by atoms with Crippen molar-refractivity contribution < 1.29 is 4.39 Å². The molecular formula is C8H11F. The largest absolute Gasteiger partial charge is 0.208 e. The summed E-state index contributed by atoms with van der Waals surface area (Å²) < 4.78 is 12.0. The molecule has 0 aromatic rings. The average molecular weight is 126 g/mol. The Morgan fingerprint density at radius 2 is 2.11 bits per heavy atom. The number of allylic oxidation sites excluding steroid dienone is 5. The fourth-order valence-corrected chi connectivity index (χ4v) is 0.558. The average Bonchev–Trinajstić information content (AvgIpc) is 1.63. The van der Waals surface area contributed by atoms with Crippen molar-refractivity contribution in [2.75, 3.05) is 0 Å². The summed E-state index contributed by atoms with van der Waals surface area (Å²) in [5.41, 5.74) is 0.880. The normalized spacial score (nSPS) is 12.6. The zero-order valence-corrected chi connectivity index (χ0v) is 5.82. The molecule has 0 N–H and O–H groups in total. The van der Waals surface area contributed by atoms with Crippen LogP contribution in [0.5, 0.6) is 0 Å². The molecule has 0 aliphatic rings. The van der Waals surface area contributed by atoms with Crippen molar-refractivity contribution in [2.45, 2.75) is 13.8 Å². The first kappa shape index (κ1) is 8.15. The summed E-state index contributed by atoms with van der Waals surface area (Å²) in [4.78, 5) is 0. The number of halogens is 1. The minimum atomic E-state index is -0.398. The van der Waals surface area contributed by atoms with E-state index < -0.39 is 5.83 Å². The van der Waals surface area contributed by atoms with Gasteiger partial charge in [-0.1, -0.05) is 18.7 Å². The molecule has 0 fully saturated rings. The molecule has 0 aromatic heterocycles. The molecular weight excluding hydrogens is 115 g/mol.